The van der Waals surface area contributed by atoms with Crippen LogP contribution in [-0.4, -0.2) is 10.9 Å². The zero-order valence-corrected chi connectivity index (χ0v) is 13.5. The molecule has 0 aliphatic heterocycles. The third-order valence-electron chi connectivity index (χ3n) is 2.14. The first-order chi connectivity index (χ1) is 8.56. The van der Waals surface area contributed by atoms with Gasteiger partial charge >= 0.3 is 0 Å². The summed E-state index contributed by atoms with van der Waals surface area (Å²) in [5, 5.41) is 3.29. The molecule has 0 aliphatic carbocycles. The maximum Gasteiger partial charge on any atom is 0.257 e. The summed E-state index contributed by atoms with van der Waals surface area (Å²) >= 11 is 11.3. The van der Waals surface area contributed by atoms with Gasteiger partial charge in [0, 0.05) is 19.3 Å². The molecule has 1 heterocycles. The molecule has 1 amide bonds. The number of rotatable bonds is 2. The van der Waals surface area contributed by atoms with Gasteiger partial charge in [-0.1, -0.05) is 11.6 Å². The van der Waals surface area contributed by atoms with E-state index in [4.69, 9.17) is 11.6 Å². The molecule has 2 rings (SSSR count). The van der Waals surface area contributed by atoms with Crippen LogP contribution in [0.3, 0.4) is 0 Å². The quantitative estimate of drug-likeness (QED) is 0.710. The lowest BCUT2D eigenvalue weighted by atomic mass is 10.2. The first-order valence-corrected chi connectivity index (χ1v) is 7.19. The predicted molar refractivity (Wildman–Crippen MR) is 84.1 cm³/mol. The Morgan fingerprint density at radius 3 is 2.72 bits per heavy atom. The Morgan fingerprint density at radius 2 is 2.11 bits per heavy atom. The van der Waals surface area contributed by atoms with Gasteiger partial charge in [-0.2, -0.15) is 0 Å². The zero-order valence-electron chi connectivity index (χ0n) is 8.95. The normalized spacial score (nSPS) is 10.2. The molecule has 2 aromatic rings. The van der Waals surface area contributed by atoms with Crippen LogP contribution in [-0.2, 0) is 0 Å². The van der Waals surface area contributed by atoms with Crippen LogP contribution in [0.25, 0.3) is 0 Å². The van der Waals surface area contributed by atoms with Gasteiger partial charge in [-0.25, -0.2) is 4.98 Å². The smallest absolute Gasteiger partial charge is 0.257 e. The van der Waals surface area contributed by atoms with E-state index in [1.807, 2.05) is 6.07 Å². The summed E-state index contributed by atoms with van der Waals surface area (Å²) in [6.07, 6.45) is 1.69. The van der Waals surface area contributed by atoms with E-state index < -0.39 is 0 Å². The Labute approximate surface area is 131 Å². The lowest BCUT2D eigenvalue weighted by Gasteiger charge is -2.06. The van der Waals surface area contributed by atoms with Crippen LogP contribution in [0, 0.1) is 3.57 Å². The number of carbonyl (C=O) groups is 1. The summed E-state index contributed by atoms with van der Waals surface area (Å²) in [6, 6.07) is 8.64. The standard InChI is InChI=1S/C12H7BrClIN2O/c13-10-5-7(14)1-3-9(10)12(18)17-11-4-2-8(15)6-16-11/h1-6H,(H,16,17,18). The summed E-state index contributed by atoms with van der Waals surface area (Å²) in [5.41, 5.74) is 0.514. The van der Waals surface area contributed by atoms with Gasteiger partial charge in [0.05, 0.1) is 5.56 Å². The van der Waals surface area contributed by atoms with Gasteiger partial charge in [-0.3, -0.25) is 4.79 Å². The molecule has 6 heteroatoms. The van der Waals surface area contributed by atoms with Crippen molar-refractivity contribution in [2.45, 2.75) is 0 Å². The average molecular weight is 437 g/mol. The molecule has 92 valence electrons. The van der Waals surface area contributed by atoms with E-state index in [0.29, 0.717) is 20.9 Å². The second-order valence-electron chi connectivity index (χ2n) is 3.44. The number of nitrogens with zero attached hydrogens (tertiary/aromatic N) is 1. The third-order valence-corrected chi connectivity index (χ3v) is 3.67. The Morgan fingerprint density at radius 1 is 1.33 bits per heavy atom. The number of pyridine rings is 1. The van der Waals surface area contributed by atoms with Crippen LogP contribution in [0.1, 0.15) is 10.4 Å². The molecular formula is C12H7BrClIN2O. The molecule has 0 atom stereocenters. The van der Waals surface area contributed by atoms with Gasteiger partial charge in [0.15, 0.2) is 0 Å². The summed E-state index contributed by atoms with van der Waals surface area (Å²) in [7, 11) is 0. The zero-order chi connectivity index (χ0) is 13.1. The number of hydrogen-bond acceptors (Lipinski definition) is 2. The van der Waals surface area contributed by atoms with Crippen molar-refractivity contribution in [3.05, 3.63) is 55.2 Å². The SMILES string of the molecule is O=C(Nc1ccc(I)cn1)c1ccc(Cl)cc1Br. The Balaban J connectivity index is 2.19. The largest absolute Gasteiger partial charge is 0.307 e. The second kappa shape index (κ2) is 5.99. The Bertz CT molecular complexity index is 589. The highest BCUT2D eigenvalue weighted by molar-refractivity contribution is 14.1. The minimum Gasteiger partial charge on any atom is -0.307 e. The molecule has 0 aliphatic rings. The van der Waals surface area contributed by atoms with E-state index in [-0.39, 0.29) is 5.91 Å². The van der Waals surface area contributed by atoms with Crippen LogP contribution in [0.2, 0.25) is 5.02 Å². The van der Waals surface area contributed by atoms with Crippen LogP contribution in [0.4, 0.5) is 5.82 Å². The number of anilines is 1. The number of benzene rings is 1. The number of amides is 1. The molecule has 0 bridgehead atoms. The van der Waals surface area contributed by atoms with Crippen molar-refractivity contribution in [1.29, 1.82) is 0 Å². The summed E-state index contributed by atoms with van der Waals surface area (Å²) in [5.74, 6) is 0.287. The molecule has 0 radical (unpaired) electrons. The van der Waals surface area contributed by atoms with Gasteiger partial charge in [0.1, 0.15) is 5.82 Å². The second-order valence-corrected chi connectivity index (χ2v) is 5.98. The Kier molecular flexibility index (Phi) is 4.58. The molecule has 0 saturated heterocycles. The lowest BCUT2D eigenvalue weighted by Crippen LogP contribution is -2.13. The molecule has 1 aromatic heterocycles. The van der Waals surface area contributed by atoms with Crippen LogP contribution in [0.5, 0.6) is 0 Å². The van der Waals surface area contributed by atoms with Gasteiger partial charge in [0.25, 0.3) is 5.91 Å². The summed E-state index contributed by atoms with van der Waals surface area (Å²) in [6.45, 7) is 0. The van der Waals surface area contributed by atoms with Gasteiger partial charge < -0.3 is 5.32 Å². The van der Waals surface area contributed by atoms with Crippen molar-refractivity contribution < 1.29 is 4.79 Å². The minimum absolute atomic E-state index is 0.229. The predicted octanol–water partition coefficient (Wildman–Crippen LogP) is 4.35. The molecule has 0 saturated carbocycles. The first-order valence-electron chi connectivity index (χ1n) is 4.94. The van der Waals surface area contributed by atoms with Gasteiger partial charge in [0.2, 0.25) is 0 Å². The maximum absolute atomic E-state index is 12.0. The fourth-order valence-corrected chi connectivity index (χ4v) is 2.49. The van der Waals surface area contributed by atoms with Gasteiger partial charge in [-0.05, 0) is 68.9 Å². The topological polar surface area (TPSA) is 42.0 Å². The van der Waals surface area contributed by atoms with E-state index in [9.17, 15) is 4.79 Å². The number of hydrogen-bond donors (Lipinski definition) is 1. The molecule has 0 spiro atoms. The van der Waals surface area contributed by atoms with Crippen LogP contribution in [0.15, 0.2) is 41.0 Å². The van der Waals surface area contributed by atoms with Crippen molar-refractivity contribution in [3.8, 4) is 0 Å². The van der Waals surface area contributed by atoms with E-state index in [2.05, 4.69) is 48.8 Å². The molecule has 0 fully saturated rings. The van der Waals surface area contributed by atoms with Crippen LogP contribution >= 0.6 is 50.1 Å². The fraction of sp³-hybridized carbons (Fsp3) is 0. The molecule has 1 N–H and O–H groups in total. The summed E-state index contributed by atoms with van der Waals surface area (Å²) in [4.78, 5) is 16.1. The number of aromatic nitrogens is 1. The molecule has 1 aromatic carbocycles. The lowest BCUT2D eigenvalue weighted by molar-refractivity contribution is 0.102. The minimum atomic E-state index is -0.229. The van der Waals surface area contributed by atoms with E-state index in [0.717, 1.165) is 3.57 Å². The third kappa shape index (κ3) is 3.43. The molecule has 18 heavy (non-hydrogen) atoms. The van der Waals surface area contributed by atoms with E-state index in [1.54, 1.807) is 30.5 Å². The Hall–Kier alpha value is -0.660. The molecular weight excluding hydrogens is 430 g/mol. The van der Waals surface area contributed by atoms with Crippen LogP contribution < -0.4 is 5.32 Å². The van der Waals surface area contributed by atoms with Crippen molar-refractivity contribution in [3.63, 3.8) is 0 Å². The highest BCUT2D eigenvalue weighted by Gasteiger charge is 2.10. The first kappa shape index (κ1) is 13.8. The molecule has 0 unspecified atom stereocenters. The van der Waals surface area contributed by atoms with E-state index >= 15 is 0 Å². The number of halogens is 3. The van der Waals surface area contributed by atoms with Crippen molar-refractivity contribution >= 4 is 61.8 Å². The highest BCUT2D eigenvalue weighted by atomic mass is 127. The average Bonchev–Trinajstić information content (AvgIpc) is 2.32. The van der Waals surface area contributed by atoms with E-state index in [1.165, 1.54) is 0 Å². The fourth-order valence-electron chi connectivity index (χ4n) is 1.31. The van der Waals surface area contributed by atoms with Crippen molar-refractivity contribution in [1.82, 2.24) is 4.98 Å². The highest BCUT2D eigenvalue weighted by Crippen LogP contribution is 2.22. The van der Waals surface area contributed by atoms with Crippen molar-refractivity contribution in [2.75, 3.05) is 5.32 Å². The van der Waals surface area contributed by atoms with Gasteiger partial charge in [-0.15, -0.1) is 0 Å². The number of nitrogens with one attached hydrogen (secondary N) is 1. The molecule has 3 nitrogen and oxygen atoms in total. The monoisotopic (exact) mass is 436 g/mol. The van der Waals surface area contributed by atoms with Crippen molar-refractivity contribution in [2.24, 2.45) is 0 Å². The maximum atomic E-state index is 12.0. The number of carbonyl (C=O) groups excluding carboxylic acids is 1. The summed E-state index contributed by atoms with van der Waals surface area (Å²) < 4.78 is 1.66.